The minimum absolute atomic E-state index is 0.0322. The minimum Gasteiger partial charge on any atom is -0.353 e. The highest BCUT2D eigenvalue weighted by molar-refractivity contribution is 7.12. The molecular formula is C20H30N4O3S. The highest BCUT2D eigenvalue weighted by atomic mass is 32.1. The van der Waals surface area contributed by atoms with Crippen molar-refractivity contribution < 1.29 is 14.4 Å². The van der Waals surface area contributed by atoms with E-state index in [1.165, 1.54) is 11.3 Å². The molecule has 0 saturated carbocycles. The number of amides is 3. The first-order chi connectivity index (χ1) is 13.4. The van der Waals surface area contributed by atoms with E-state index in [9.17, 15) is 14.4 Å². The van der Waals surface area contributed by atoms with Crippen LogP contribution in [0.3, 0.4) is 0 Å². The van der Waals surface area contributed by atoms with E-state index in [1.54, 1.807) is 0 Å². The van der Waals surface area contributed by atoms with Crippen molar-refractivity contribution in [3.05, 3.63) is 22.4 Å². The van der Waals surface area contributed by atoms with Gasteiger partial charge < -0.3 is 15.1 Å². The number of hydrogen-bond acceptors (Lipinski definition) is 5. The maximum absolute atomic E-state index is 13.0. The molecule has 0 aliphatic carbocycles. The Kier molecular flexibility index (Phi) is 7.07. The Hall–Kier alpha value is -1.93. The minimum atomic E-state index is -0.117. The molecule has 2 saturated heterocycles. The fourth-order valence-electron chi connectivity index (χ4n) is 3.87. The molecule has 2 aliphatic heterocycles. The van der Waals surface area contributed by atoms with Gasteiger partial charge in [-0.3, -0.25) is 19.3 Å². The van der Waals surface area contributed by atoms with Crippen LogP contribution in [0.2, 0.25) is 0 Å². The number of thiophene rings is 1. The van der Waals surface area contributed by atoms with Crippen molar-refractivity contribution in [1.29, 1.82) is 0 Å². The van der Waals surface area contributed by atoms with Crippen LogP contribution in [-0.4, -0.2) is 84.3 Å². The SMILES string of the molecule is CC(C)NC(=O)CN1CCN(C(=O)C2CCCN(C(=O)c3cccs3)C2)CC1. The van der Waals surface area contributed by atoms with Gasteiger partial charge in [-0.15, -0.1) is 11.3 Å². The molecule has 1 aromatic rings. The molecule has 2 fully saturated rings. The van der Waals surface area contributed by atoms with Crippen LogP contribution in [-0.2, 0) is 9.59 Å². The predicted octanol–water partition coefficient (Wildman–Crippen LogP) is 1.27. The smallest absolute Gasteiger partial charge is 0.263 e. The standard InChI is InChI=1S/C20H30N4O3S/c1-15(2)21-18(25)14-22-8-10-23(11-9-22)19(26)16-5-3-7-24(13-16)20(27)17-6-4-12-28-17/h4,6,12,15-16H,3,5,7-11,13-14H2,1-2H3,(H,21,25). The molecule has 0 bridgehead atoms. The first-order valence-corrected chi connectivity index (χ1v) is 11.0. The van der Waals surface area contributed by atoms with Gasteiger partial charge >= 0.3 is 0 Å². The number of nitrogens with zero attached hydrogens (tertiary/aromatic N) is 3. The predicted molar refractivity (Wildman–Crippen MR) is 109 cm³/mol. The van der Waals surface area contributed by atoms with Crippen LogP contribution in [0, 0.1) is 5.92 Å². The maximum atomic E-state index is 13.0. The second-order valence-corrected chi connectivity index (χ2v) is 8.84. The lowest BCUT2D eigenvalue weighted by molar-refractivity contribution is -0.138. The van der Waals surface area contributed by atoms with E-state index in [2.05, 4.69) is 10.2 Å². The number of likely N-dealkylation sites (tertiary alicyclic amines) is 1. The molecule has 1 unspecified atom stereocenters. The van der Waals surface area contributed by atoms with Gasteiger partial charge in [0.25, 0.3) is 5.91 Å². The monoisotopic (exact) mass is 406 g/mol. The lowest BCUT2D eigenvalue weighted by Gasteiger charge is -2.38. The van der Waals surface area contributed by atoms with E-state index < -0.39 is 0 Å². The van der Waals surface area contributed by atoms with Crippen molar-refractivity contribution >= 4 is 29.1 Å². The zero-order valence-electron chi connectivity index (χ0n) is 16.7. The second kappa shape index (κ2) is 9.52. The molecule has 3 amide bonds. The van der Waals surface area contributed by atoms with E-state index in [0.29, 0.717) is 39.3 Å². The van der Waals surface area contributed by atoms with Gasteiger partial charge in [-0.2, -0.15) is 0 Å². The van der Waals surface area contributed by atoms with Crippen LogP contribution in [0.1, 0.15) is 36.4 Å². The Morgan fingerprint density at radius 3 is 2.54 bits per heavy atom. The lowest BCUT2D eigenvalue weighted by Crippen LogP contribution is -2.54. The van der Waals surface area contributed by atoms with Gasteiger partial charge in [0.05, 0.1) is 17.3 Å². The number of hydrogen-bond donors (Lipinski definition) is 1. The average Bonchev–Trinajstić information content (AvgIpc) is 3.21. The van der Waals surface area contributed by atoms with Crippen LogP contribution < -0.4 is 5.32 Å². The van der Waals surface area contributed by atoms with Gasteiger partial charge in [-0.05, 0) is 38.1 Å². The quantitative estimate of drug-likeness (QED) is 0.799. The summed E-state index contributed by atoms with van der Waals surface area (Å²) in [6.07, 6.45) is 1.70. The summed E-state index contributed by atoms with van der Waals surface area (Å²) in [6, 6.07) is 3.86. The molecule has 8 heteroatoms. The summed E-state index contributed by atoms with van der Waals surface area (Å²) >= 11 is 1.45. The topological polar surface area (TPSA) is 73.0 Å². The van der Waals surface area contributed by atoms with Crippen molar-refractivity contribution in [2.75, 3.05) is 45.8 Å². The number of rotatable bonds is 5. The lowest BCUT2D eigenvalue weighted by atomic mass is 9.96. The van der Waals surface area contributed by atoms with Crippen molar-refractivity contribution in [2.24, 2.45) is 5.92 Å². The molecule has 154 valence electrons. The summed E-state index contributed by atoms with van der Waals surface area (Å²) in [6.45, 7) is 8.21. The Bertz CT molecular complexity index is 684. The molecule has 1 atom stereocenters. The first-order valence-electron chi connectivity index (χ1n) is 10.1. The fraction of sp³-hybridized carbons (Fsp3) is 0.650. The van der Waals surface area contributed by atoms with E-state index in [1.807, 2.05) is 41.2 Å². The highest BCUT2D eigenvalue weighted by Crippen LogP contribution is 2.22. The second-order valence-electron chi connectivity index (χ2n) is 7.89. The normalized spacial score (nSPS) is 21.0. The Balaban J connectivity index is 1.48. The molecule has 3 rings (SSSR count). The Morgan fingerprint density at radius 1 is 1.14 bits per heavy atom. The van der Waals surface area contributed by atoms with E-state index in [-0.39, 0.29) is 29.7 Å². The number of carbonyl (C=O) groups is 3. The van der Waals surface area contributed by atoms with E-state index >= 15 is 0 Å². The molecule has 7 nitrogen and oxygen atoms in total. The molecule has 1 aromatic heterocycles. The largest absolute Gasteiger partial charge is 0.353 e. The van der Waals surface area contributed by atoms with Crippen LogP contribution in [0.25, 0.3) is 0 Å². The number of piperidine rings is 1. The zero-order chi connectivity index (χ0) is 20.1. The number of carbonyl (C=O) groups excluding carboxylic acids is 3. The fourth-order valence-corrected chi connectivity index (χ4v) is 4.57. The van der Waals surface area contributed by atoms with Crippen molar-refractivity contribution in [1.82, 2.24) is 20.0 Å². The summed E-state index contributed by atoms with van der Waals surface area (Å²) in [5.41, 5.74) is 0. The molecule has 2 aliphatic rings. The molecule has 1 N–H and O–H groups in total. The first kappa shape index (κ1) is 20.8. The summed E-state index contributed by atoms with van der Waals surface area (Å²) in [7, 11) is 0. The van der Waals surface area contributed by atoms with Crippen molar-refractivity contribution in [2.45, 2.75) is 32.7 Å². The molecule has 0 radical (unpaired) electrons. The molecule has 3 heterocycles. The van der Waals surface area contributed by atoms with Crippen LogP contribution in [0.4, 0.5) is 0 Å². The third-order valence-corrected chi connectivity index (χ3v) is 6.15. The number of piperazine rings is 1. The van der Waals surface area contributed by atoms with Gasteiger partial charge in [-0.25, -0.2) is 0 Å². The Labute approximate surface area is 170 Å². The third kappa shape index (κ3) is 5.32. The zero-order valence-corrected chi connectivity index (χ0v) is 17.5. The maximum Gasteiger partial charge on any atom is 0.263 e. The van der Waals surface area contributed by atoms with E-state index in [0.717, 1.165) is 24.3 Å². The third-order valence-electron chi connectivity index (χ3n) is 5.29. The summed E-state index contributed by atoms with van der Waals surface area (Å²) in [5, 5.41) is 4.81. The number of nitrogens with one attached hydrogen (secondary N) is 1. The van der Waals surface area contributed by atoms with Gasteiger partial charge in [0.2, 0.25) is 11.8 Å². The van der Waals surface area contributed by atoms with Gasteiger partial charge in [0, 0.05) is 45.3 Å². The highest BCUT2D eigenvalue weighted by Gasteiger charge is 2.33. The summed E-state index contributed by atoms with van der Waals surface area (Å²) < 4.78 is 0. The summed E-state index contributed by atoms with van der Waals surface area (Å²) in [5.74, 6) is 0.0988. The van der Waals surface area contributed by atoms with Crippen LogP contribution >= 0.6 is 11.3 Å². The molecule has 0 spiro atoms. The van der Waals surface area contributed by atoms with Crippen LogP contribution in [0.15, 0.2) is 17.5 Å². The van der Waals surface area contributed by atoms with Gasteiger partial charge in [0.15, 0.2) is 0 Å². The Morgan fingerprint density at radius 2 is 1.89 bits per heavy atom. The van der Waals surface area contributed by atoms with Gasteiger partial charge in [-0.1, -0.05) is 6.07 Å². The van der Waals surface area contributed by atoms with Gasteiger partial charge in [0.1, 0.15) is 0 Å². The average molecular weight is 407 g/mol. The van der Waals surface area contributed by atoms with Crippen LogP contribution in [0.5, 0.6) is 0 Å². The van der Waals surface area contributed by atoms with Crippen molar-refractivity contribution in [3.8, 4) is 0 Å². The molecule has 28 heavy (non-hydrogen) atoms. The molecule has 0 aromatic carbocycles. The van der Waals surface area contributed by atoms with E-state index in [4.69, 9.17) is 0 Å². The molecular weight excluding hydrogens is 376 g/mol. The summed E-state index contributed by atoms with van der Waals surface area (Å²) in [4.78, 5) is 44.0. The van der Waals surface area contributed by atoms with Crippen molar-refractivity contribution in [3.63, 3.8) is 0 Å².